The van der Waals surface area contributed by atoms with Gasteiger partial charge in [-0.1, -0.05) is 32.9 Å². The van der Waals surface area contributed by atoms with Crippen molar-refractivity contribution in [1.82, 2.24) is 15.1 Å². The maximum Gasteiger partial charge on any atom is 0.324 e. The molecular formula is C21H25N5O3. The number of amides is 2. The Kier molecular flexibility index (Phi) is 5.81. The number of urea groups is 1. The summed E-state index contributed by atoms with van der Waals surface area (Å²) in [4.78, 5) is 20.6. The number of ether oxygens (including phenoxy) is 1. The Morgan fingerprint density at radius 3 is 2.59 bits per heavy atom. The van der Waals surface area contributed by atoms with E-state index in [0.717, 1.165) is 17.7 Å². The van der Waals surface area contributed by atoms with E-state index in [0.29, 0.717) is 28.9 Å². The average molecular weight is 395 g/mol. The summed E-state index contributed by atoms with van der Waals surface area (Å²) in [5.74, 6) is 2.16. The number of nitrogens with zero attached hydrogens (tertiary/aromatic N) is 3. The molecule has 3 aromatic rings. The number of aryl methyl sites for hydroxylation is 2. The molecule has 2 N–H and O–H groups in total. The maximum atomic E-state index is 12.3. The van der Waals surface area contributed by atoms with Crippen molar-refractivity contribution in [2.24, 2.45) is 0 Å². The van der Waals surface area contributed by atoms with Crippen LogP contribution in [0, 0.1) is 6.92 Å². The second-order valence-electron chi connectivity index (χ2n) is 7.69. The van der Waals surface area contributed by atoms with Crippen molar-refractivity contribution in [1.29, 1.82) is 0 Å². The summed E-state index contributed by atoms with van der Waals surface area (Å²) in [7, 11) is 0. The van der Waals surface area contributed by atoms with Crippen molar-refractivity contribution in [3.8, 4) is 11.6 Å². The lowest BCUT2D eigenvalue weighted by molar-refractivity contribution is 0.262. The van der Waals surface area contributed by atoms with Crippen LogP contribution in [0.25, 0.3) is 0 Å². The summed E-state index contributed by atoms with van der Waals surface area (Å²) < 4.78 is 11.1. The minimum Gasteiger partial charge on any atom is -0.439 e. The molecule has 2 amide bonds. The van der Waals surface area contributed by atoms with Gasteiger partial charge in [-0.25, -0.2) is 14.8 Å². The molecule has 0 aliphatic rings. The van der Waals surface area contributed by atoms with E-state index in [-0.39, 0.29) is 5.41 Å². The van der Waals surface area contributed by atoms with Crippen LogP contribution in [0.15, 0.2) is 41.2 Å². The van der Waals surface area contributed by atoms with Gasteiger partial charge in [0.1, 0.15) is 17.8 Å². The van der Waals surface area contributed by atoms with Gasteiger partial charge in [-0.15, -0.1) is 0 Å². The molecule has 0 atom stereocenters. The fourth-order valence-corrected chi connectivity index (χ4v) is 2.54. The minimum absolute atomic E-state index is 0.183. The zero-order valence-electron chi connectivity index (χ0n) is 17.2. The first-order chi connectivity index (χ1) is 13.7. The first kappa shape index (κ1) is 20.3. The van der Waals surface area contributed by atoms with Crippen LogP contribution in [-0.2, 0) is 11.8 Å². The highest BCUT2D eigenvalue weighted by molar-refractivity contribution is 5.99. The van der Waals surface area contributed by atoms with Crippen LogP contribution in [0.4, 0.5) is 16.3 Å². The first-order valence-electron chi connectivity index (χ1n) is 9.39. The highest BCUT2D eigenvalue weighted by Gasteiger charge is 2.20. The molecule has 3 rings (SSSR count). The molecule has 29 heavy (non-hydrogen) atoms. The Balaban J connectivity index is 1.64. The Morgan fingerprint density at radius 1 is 1.14 bits per heavy atom. The SMILES string of the molecule is CCc1cc(Oc2ccc(NC(=O)Nc3cc(C(C)(C)C)on3)c(C)c2)ncn1. The zero-order chi connectivity index (χ0) is 21.0. The molecule has 2 heterocycles. The molecule has 2 aromatic heterocycles. The quantitative estimate of drug-likeness (QED) is 0.625. The molecule has 8 heteroatoms. The summed E-state index contributed by atoms with van der Waals surface area (Å²) >= 11 is 0. The van der Waals surface area contributed by atoms with Crippen LogP contribution >= 0.6 is 0 Å². The summed E-state index contributed by atoms with van der Waals surface area (Å²) in [6.07, 6.45) is 2.29. The second kappa shape index (κ2) is 8.30. The van der Waals surface area contributed by atoms with E-state index < -0.39 is 6.03 Å². The number of rotatable bonds is 5. The molecule has 0 aliphatic heterocycles. The van der Waals surface area contributed by atoms with Gasteiger partial charge in [0.25, 0.3) is 0 Å². The second-order valence-corrected chi connectivity index (χ2v) is 7.69. The molecule has 0 radical (unpaired) electrons. The molecule has 0 unspecified atom stereocenters. The number of nitrogens with one attached hydrogen (secondary N) is 2. The van der Waals surface area contributed by atoms with Crippen molar-refractivity contribution in [2.75, 3.05) is 10.6 Å². The Labute approximate surface area is 169 Å². The van der Waals surface area contributed by atoms with Crippen molar-refractivity contribution < 1.29 is 14.1 Å². The van der Waals surface area contributed by atoms with E-state index in [1.54, 1.807) is 24.3 Å². The van der Waals surface area contributed by atoms with Gasteiger partial charge in [0.15, 0.2) is 5.82 Å². The van der Waals surface area contributed by atoms with Gasteiger partial charge in [0.05, 0.1) is 0 Å². The first-order valence-corrected chi connectivity index (χ1v) is 9.39. The van der Waals surface area contributed by atoms with E-state index in [4.69, 9.17) is 9.26 Å². The standard InChI is InChI=1S/C21H25N5O3/c1-6-14-10-19(23-12-22-14)28-15-7-8-16(13(2)9-15)24-20(27)25-18-11-17(29-26-18)21(3,4)5/h7-12H,6H2,1-5H3,(H2,24,25,26,27). The lowest BCUT2D eigenvalue weighted by Crippen LogP contribution is -2.20. The van der Waals surface area contributed by atoms with Crippen molar-refractivity contribution in [3.63, 3.8) is 0 Å². The zero-order valence-corrected chi connectivity index (χ0v) is 17.2. The summed E-state index contributed by atoms with van der Waals surface area (Å²) in [5, 5.41) is 9.36. The molecule has 0 saturated heterocycles. The summed E-state index contributed by atoms with van der Waals surface area (Å²) in [5.41, 5.74) is 2.23. The van der Waals surface area contributed by atoms with Crippen LogP contribution in [0.2, 0.25) is 0 Å². The van der Waals surface area contributed by atoms with Gasteiger partial charge in [-0.05, 0) is 37.1 Å². The molecule has 0 aliphatic carbocycles. The van der Waals surface area contributed by atoms with Crippen molar-refractivity contribution in [2.45, 2.75) is 46.5 Å². The average Bonchev–Trinajstić information content (AvgIpc) is 3.13. The highest BCUT2D eigenvalue weighted by atomic mass is 16.5. The third-order valence-corrected chi connectivity index (χ3v) is 4.22. The maximum absolute atomic E-state index is 12.3. The summed E-state index contributed by atoms with van der Waals surface area (Å²) in [6.45, 7) is 9.93. The molecule has 152 valence electrons. The topological polar surface area (TPSA) is 102 Å². The number of aromatic nitrogens is 3. The molecule has 0 saturated carbocycles. The predicted molar refractivity (Wildman–Crippen MR) is 111 cm³/mol. The van der Waals surface area contributed by atoms with E-state index >= 15 is 0 Å². The van der Waals surface area contributed by atoms with E-state index in [1.807, 2.05) is 40.7 Å². The van der Waals surface area contributed by atoms with Gasteiger partial charge in [0.2, 0.25) is 5.88 Å². The lowest BCUT2D eigenvalue weighted by Gasteiger charge is -2.12. The van der Waals surface area contributed by atoms with Crippen molar-refractivity contribution in [3.05, 3.63) is 53.7 Å². The molecule has 1 aromatic carbocycles. The van der Waals surface area contributed by atoms with Gasteiger partial charge in [0, 0.05) is 28.9 Å². The van der Waals surface area contributed by atoms with Gasteiger partial charge in [-0.3, -0.25) is 5.32 Å². The lowest BCUT2D eigenvalue weighted by atomic mass is 9.93. The molecule has 0 fully saturated rings. The Bertz CT molecular complexity index is 1010. The van der Waals surface area contributed by atoms with E-state index in [1.165, 1.54) is 6.33 Å². The largest absolute Gasteiger partial charge is 0.439 e. The van der Waals surface area contributed by atoms with Crippen LogP contribution in [0.5, 0.6) is 11.6 Å². The fourth-order valence-electron chi connectivity index (χ4n) is 2.54. The van der Waals surface area contributed by atoms with Crippen LogP contribution in [0.1, 0.15) is 44.7 Å². The number of hydrogen-bond donors (Lipinski definition) is 2. The Morgan fingerprint density at radius 2 is 1.93 bits per heavy atom. The number of carbonyl (C=O) groups is 1. The van der Waals surface area contributed by atoms with E-state index in [9.17, 15) is 4.79 Å². The summed E-state index contributed by atoms with van der Waals surface area (Å²) in [6, 6.07) is 8.49. The van der Waals surface area contributed by atoms with Crippen LogP contribution < -0.4 is 15.4 Å². The van der Waals surface area contributed by atoms with Crippen LogP contribution in [-0.4, -0.2) is 21.2 Å². The normalized spacial score (nSPS) is 11.2. The number of benzene rings is 1. The molecular weight excluding hydrogens is 370 g/mol. The number of anilines is 2. The monoisotopic (exact) mass is 395 g/mol. The highest BCUT2D eigenvalue weighted by Crippen LogP contribution is 2.26. The number of carbonyl (C=O) groups excluding carboxylic acids is 1. The molecule has 0 bridgehead atoms. The van der Waals surface area contributed by atoms with Gasteiger partial charge < -0.3 is 14.6 Å². The minimum atomic E-state index is -0.404. The predicted octanol–water partition coefficient (Wildman–Crippen LogP) is 5.07. The van der Waals surface area contributed by atoms with Gasteiger partial charge in [-0.2, -0.15) is 0 Å². The third-order valence-electron chi connectivity index (χ3n) is 4.22. The Hall–Kier alpha value is -3.42. The fraction of sp³-hybridized carbons (Fsp3) is 0.333. The van der Waals surface area contributed by atoms with E-state index in [2.05, 4.69) is 25.8 Å². The third kappa shape index (κ3) is 5.31. The smallest absolute Gasteiger partial charge is 0.324 e. The van der Waals surface area contributed by atoms with Crippen LogP contribution in [0.3, 0.4) is 0 Å². The van der Waals surface area contributed by atoms with Crippen molar-refractivity contribution >= 4 is 17.5 Å². The number of hydrogen-bond acceptors (Lipinski definition) is 6. The molecule has 0 spiro atoms. The molecule has 8 nitrogen and oxygen atoms in total. The van der Waals surface area contributed by atoms with Gasteiger partial charge >= 0.3 is 6.03 Å².